The highest BCUT2D eigenvalue weighted by Gasteiger charge is 2.18. The predicted octanol–water partition coefficient (Wildman–Crippen LogP) is 1.47. The molecule has 5 nitrogen and oxygen atoms in total. The Morgan fingerprint density at radius 2 is 2.11 bits per heavy atom. The van der Waals surface area contributed by atoms with Crippen molar-refractivity contribution in [2.75, 3.05) is 39.3 Å². The summed E-state index contributed by atoms with van der Waals surface area (Å²) in [6, 6.07) is 0. The van der Waals surface area contributed by atoms with Crippen LogP contribution < -0.4 is 5.32 Å². The Kier molecular flexibility index (Phi) is 5.22. The van der Waals surface area contributed by atoms with Gasteiger partial charge in [0.2, 0.25) is 0 Å². The van der Waals surface area contributed by atoms with Crippen molar-refractivity contribution in [2.45, 2.75) is 17.9 Å². The van der Waals surface area contributed by atoms with Crippen molar-refractivity contribution in [3.8, 4) is 0 Å². The van der Waals surface area contributed by atoms with Gasteiger partial charge in [-0.3, -0.25) is 0 Å². The van der Waals surface area contributed by atoms with E-state index in [1.807, 2.05) is 18.8 Å². The van der Waals surface area contributed by atoms with Gasteiger partial charge in [-0.05, 0) is 0 Å². The van der Waals surface area contributed by atoms with Gasteiger partial charge in [0.15, 0.2) is 0 Å². The maximum atomic E-state index is 5.44. The molecule has 0 spiro atoms. The van der Waals surface area contributed by atoms with Gasteiger partial charge in [-0.2, -0.15) is 11.8 Å². The van der Waals surface area contributed by atoms with Crippen molar-refractivity contribution >= 4 is 17.6 Å². The second kappa shape index (κ2) is 6.92. The number of hydrogen-bond acceptors (Lipinski definition) is 6. The molecule has 0 unspecified atom stereocenters. The molecule has 0 aromatic carbocycles. The lowest BCUT2D eigenvalue weighted by Gasteiger charge is -2.09. The monoisotopic (exact) mass is 269 g/mol. The molecule has 1 aliphatic heterocycles. The minimum Gasteiger partial charge on any atom is -0.382 e. The van der Waals surface area contributed by atoms with Crippen LogP contribution in [0.15, 0.2) is 0 Å². The number of ether oxygens (including phenoxy) is 2. The van der Waals surface area contributed by atoms with Gasteiger partial charge in [0.25, 0.3) is 0 Å². The van der Waals surface area contributed by atoms with E-state index in [-0.39, 0.29) is 0 Å². The molecule has 0 saturated heterocycles. The zero-order valence-electron chi connectivity index (χ0n) is 10.9. The first kappa shape index (κ1) is 13.6. The molecule has 1 aromatic heterocycles. The van der Waals surface area contributed by atoms with E-state index in [1.165, 1.54) is 11.3 Å². The van der Waals surface area contributed by atoms with Gasteiger partial charge in [-0.15, -0.1) is 0 Å². The van der Waals surface area contributed by atoms with E-state index in [0.717, 1.165) is 29.6 Å². The summed E-state index contributed by atoms with van der Waals surface area (Å²) >= 11 is 1.89. The van der Waals surface area contributed by atoms with Crippen molar-refractivity contribution in [1.29, 1.82) is 0 Å². The van der Waals surface area contributed by atoms with E-state index in [0.29, 0.717) is 19.8 Å². The normalized spacial score (nSPS) is 13.7. The molecular weight excluding hydrogens is 250 g/mol. The Morgan fingerprint density at radius 3 is 2.89 bits per heavy atom. The fourth-order valence-electron chi connectivity index (χ4n) is 1.83. The number of aromatic nitrogens is 2. The van der Waals surface area contributed by atoms with Crippen LogP contribution in [-0.4, -0.2) is 43.9 Å². The quantitative estimate of drug-likeness (QED) is 0.757. The molecule has 2 heterocycles. The average molecular weight is 269 g/mol. The maximum Gasteiger partial charge on any atom is 0.133 e. The Hall–Kier alpha value is -0.850. The van der Waals surface area contributed by atoms with Gasteiger partial charge in [-0.25, -0.2) is 9.97 Å². The highest BCUT2D eigenvalue weighted by Crippen LogP contribution is 2.32. The fourth-order valence-corrected chi connectivity index (χ4v) is 2.87. The molecule has 6 heteroatoms. The van der Waals surface area contributed by atoms with Gasteiger partial charge < -0.3 is 14.8 Å². The average Bonchev–Trinajstić information content (AvgIpc) is 2.85. The summed E-state index contributed by atoms with van der Waals surface area (Å²) in [4.78, 5) is 9.13. The summed E-state index contributed by atoms with van der Waals surface area (Å²) in [6.45, 7) is 1.89. The molecule has 18 heavy (non-hydrogen) atoms. The molecule has 0 bridgehead atoms. The van der Waals surface area contributed by atoms with Crippen molar-refractivity contribution in [1.82, 2.24) is 9.97 Å². The second-order valence-corrected chi connectivity index (χ2v) is 5.00. The smallest absolute Gasteiger partial charge is 0.133 e. The Bertz CT molecular complexity index is 401. The fraction of sp³-hybridized carbons (Fsp3) is 0.667. The lowest BCUT2D eigenvalue weighted by molar-refractivity contribution is 0.0716. The van der Waals surface area contributed by atoms with E-state index < -0.39 is 0 Å². The zero-order chi connectivity index (χ0) is 12.8. The number of methoxy groups -OCH3 is 1. The molecule has 0 fully saturated rings. The van der Waals surface area contributed by atoms with Crippen LogP contribution in [0, 0.1) is 0 Å². The molecule has 1 N–H and O–H groups in total. The SMILES string of the molecule is CNc1nc(CCOCCOC)nc2c1CSC2. The van der Waals surface area contributed by atoms with Crippen LogP contribution in [0.2, 0.25) is 0 Å². The van der Waals surface area contributed by atoms with E-state index in [2.05, 4.69) is 15.3 Å². The molecule has 1 aliphatic rings. The topological polar surface area (TPSA) is 56.3 Å². The van der Waals surface area contributed by atoms with Crippen molar-refractivity contribution in [2.24, 2.45) is 0 Å². The molecule has 0 aliphatic carbocycles. The number of nitrogens with zero attached hydrogens (tertiary/aromatic N) is 2. The first-order valence-electron chi connectivity index (χ1n) is 6.06. The van der Waals surface area contributed by atoms with Crippen LogP contribution in [0.1, 0.15) is 17.1 Å². The third-order valence-electron chi connectivity index (χ3n) is 2.76. The van der Waals surface area contributed by atoms with E-state index in [4.69, 9.17) is 9.47 Å². The summed E-state index contributed by atoms with van der Waals surface area (Å²) in [5.74, 6) is 3.83. The lowest BCUT2D eigenvalue weighted by atomic mass is 10.2. The molecule has 1 aromatic rings. The summed E-state index contributed by atoms with van der Waals surface area (Å²) in [6.07, 6.45) is 0.746. The summed E-state index contributed by atoms with van der Waals surface area (Å²) < 4.78 is 10.4. The van der Waals surface area contributed by atoms with Crippen LogP contribution >= 0.6 is 11.8 Å². The number of thioether (sulfide) groups is 1. The van der Waals surface area contributed by atoms with Crippen molar-refractivity contribution in [3.05, 3.63) is 17.1 Å². The third-order valence-corrected chi connectivity index (χ3v) is 3.73. The number of nitrogens with one attached hydrogen (secondary N) is 1. The number of hydrogen-bond donors (Lipinski definition) is 1. The van der Waals surface area contributed by atoms with Gasteiger partial charge in [-0.1, -0.05) is 0 Å². The Balaban J connectivity index is 1.93. The first-order valence-corrected chi connectivity index (χ1v) is 7.21. The van der Waals surface area contributed by atoms with E-state index >= 15 is 0 Å². The molecular formula is C12H19N3O2S. The third kappa shape index (κ3) is 3.34. The number of anilines is 1. The van der Waals surface area contributed by atoms with E-state index in [1.54, 1.807) is 7.11 Å². The zero-order valence-corrected chi connectivity index (χ0v) is 11.7. The standard InChI is InChI=1S/C12H19N3O2S/c1-13-12-9-7-18-8-10(9)14-11(15-12)3-4-17-6-5-16-2/h3-8H2,1-2H3,(H,13,14,15). The van der Waals surface area contributed by atoms with Crippen LogP contribution in [-0.2, 0) is 27.4 Å². The minimum absolute atomic E-state index is 0.621. The summed E-state index contributed by atoms with van der Waals surface area (Å²) in [5.41, 5.74) is 2.43. The summed E-state index contributed by atoms with van der Waals surface area (Å²) in [5, 5.41) is 3.15. The van der Waals surface area contributed by atoms with Gasteiger partial charge >= 0.3 is 0 Å². The largest absolute Gasteiger partial charge is 0.382 e. The number of rotatable bonds is 7. The molecule has 0 saturated carbocycles. The highest BCUT2D eigenvalue weighted by molar-refractivity contribution is 7.98. The predicted molar refractivity (Wildman–Crippen MR) is 73.0 cm³/mol. The molecule has 0 amide bonds. The molecule has 0 radical (unpaired) electrons. The van der Waals surface area contributed by atoms with Gasteiger partial charge in [0, 0.05) is 37.6 Å². The van der Waals surface area contributed by atoms with Crippen LogP contribution in [0.25, 0.3) is 0 Å². The van der Waals surface area contributed by atoms with Crippen LogP contribution in [0.4, 0.5) is 5.82 Å². The van der Waals surface area contributed by atoms with Gasteiger partial charge in [0.05, 0.1) is 25.5 Å². The first-order chi connectivity index (χ1) is 8.85. The van der Waals surface area contributed by atoms with E-state index in [9.17, 15) is 0 Å². The second-order valence-electron chi connectivity index (χ2n) is 4.01. The maximum absolute atomic E-state index is 5.44. The molecule has 100 valence electrons. The Labute approximate surface area is 112 Å². The Morgan fingerprint density at radius 1 is 1.22 bits per heavy atom. The summed E-state index contributed by atoms with van der Waals surface area (Å²) in [7, 11) is 3.58. The number of fused-ring (bicyclic) bond motifs is 1. The lowest BCUT2D eigenvalue weighted by Crippen LogP contribution is -2.10. The van der Waals surface area contributed by atoms with Crippen LogP contribution in [0.3, 0.4) is 0 Å². The minimum atomic E-state index is 0.621. The van der Waals surface area contributed by atoms with Crippen molar-refractivity contribution < 1.29 is 9.47 Å². The van der Waals surface area contributed by atoms with Crippen molar-refractivity contribution in [3.63, 3.8) is 0 Å². The van der Waals surface area contributed by atoms with Gasteiger partial charge in [0.1, 0.15) is 11.6 Å². The van der Waals surface area contributed by atoms with Crippen LogP contribution in [0.5, 0.6) is 0 Å². The molecule has 2 rings (SSSR count). The molecule has 0 atom stereocenters. The highest BCUT2D eigenvalue weighted by atomic mass is 32.2.